The third-order valence-corrected chi connectivity index (χ3v) is 4.35. The van der Waals surface area contributed by atoms with Gasteiger partial charge in [-0.05, 0) is 67.6 Å². The average Bonchev–Trinajstić information content (AvgIpc) is 2.67. The van der Waals surface area contributed by atoms with Gasteiger partial charge in [-0.1, -0.05) is 36.4 Å². The fourth-order valence-electron chi connectivity index (χ4n) is 2.80. The Morgan fingerprint density at radius 3 is 1.67 bits per heavy atom. The molecule has 27 heavy (non-hydrogen) atoms. The van der Waals surface area contributed by atoms with Crippen LogP contribution < -0.4 is 9.47 Å². The number of phenolic OH excluding ortho intramolecular Hbond substituents is 1. The number of aryl methyl sites for hydroxylation is 3. The molecule has 3 aromatic carbocycles. The lowest BCUT2D eigenvalue weighted by Gasteiger charge is -2.16. The molecule has 3 rings (SSSR count). The van der Waals surface area contributed by atoms with Crippen LogP contribution in [0.5, 0.6) is 28.7 Å². The third kappa shape index (κ3) is 4.60. The Kier molecular flexibility index (Phi) is 5.99. The standard InChI is InChI=1S/C23H24O4/c1-16-8-3-5-11-19(16)26-21-14-18(10-7-13-24)15-22(23(21)25)27-20-12-6-4-9-17(20)2/h3-6,8-9,11-12,14-15,24-25H,7,10,13H2,1-2H3. The van der Waals surface area contributed by atoms with Crippen LogP contribution in [0.25, 0.3) is 0 Å². The molecule has 0 spiro atoms. The van der Waals surface area contributed by atoms with Gasteiger partial charge < -0.3 is 19.7 Å². The molecule has 4 heteroatoms. The second-order valence-electron chi connectivity index (χ2n) is 6.50. The van der Waals surface area contributed by atoms with E-state index in [0.29, 0.717) is 35.8 Å². The van der Waals surface area contributed by atoms with Crippen LogP contribution in [-0.4, -0.2) is 16.8 Å². The van der Waals surface area contributed by atoms with Crippen molar-refractivity contribution in [3.05, 3.63) is 77.4 Å². The number of ether oxygens (including phenoxy) is 2. The first kappa shape index (κ1) is 18.8. The summed E-state index contributed by atoms with van der Waals surface area (Å²) in [5.41, 5.74) is 2.87. The van der Waals surface area contributed by atoms with Gasteiger partial charge in [-0.25, -0.2) is 0 Å². The molecule has 140 valence electrons. The summed E-state index contributed by atoms with van der Waals surface area (Å²) >= 11 is 0. The molecule has 0 radical (unpaired) electrons. The van der Waals surface area contributed by atoms with Crippen molar-refractivity contribution in [2.45, 2.75) is 26.7 Å². The summed E-state index contributed by atoms with van der Waals surface area (Å²) in [5.74, 6) is 1.98. The Labute approximate surface area is 159 Å². The van der Waals surface area contributed by atoms with Crippen LogP contribution in [0.15, 0.2) is 60.7 Å². The quantitative estimate of drug-likeness (QED) is 0.580. The van der Waals surface area contributed by atoms with E-state index in [9.17, 15) is 5.11 Å². The summed E-state index contributed by atoms with van der Waals surface area (Å²) in [6.45, 7) is 4.00. The molecule has 0 heterocycles. The van der Waals surface area contributed by atoms with Gasteiger partial charge in [-0.2, -0.15) is 0 Å². The van der Waals surface area contributed by atoms with Gasteiger partial charge in [0, 0.05) is 6.61 Å². The highest BCUT2D eigenvalue weighted by atomic mass is 16.5. The van der Waals surface area contributed by atoms with Crippen LogP contribution in [0, 0.1) is 13.8 Å². The molecule has 0 saturated heterocycles. The van der Waals surface area contributed by atoms with Crippen molar-refractivity contribution in [1.29, 1.82) is 0 Å². The summed E-state index contributed by atoms with van der Waals surface area (Å²) in [6.07, 6.45) is 1.28. The number of aliphatic hydroxyl groups is 1. The Morgan fingerprint density at radius 2 is 1.22 bits per heavy atom. The first-order chi connectivity index (χ1) is 13.1. The minimum absolute atomic E-state index is 0.0470. The third-order valence-electron chi connectivity index (χ3n) is 4.35. The zero-order valence-corrected chi connectivity index (χ0v) is 15.6. The maximum Gasteiger partial charge on any atom is 0.202 e. The molecule has 0 amide bonds. The Bertz CT molecular complexity index is 849. The molecule has 2 N–H and O–H groups in total. The summed E-state index contributed by atoms with van der Waals surface area (Å²) in [7, 11) is 0. The van der Waals surface area contributed by atoms with E-state index in [4.69, 9.17) is 14.6 Å². The van der Waals surface area contributed by atoms with Gasteiger partial charge in [0.1, 0.15) is 11.5 Å². The highest BCUT2D eigenvalue weighted by Crippen LogP contribution is 2.43. The Hall–Kier alpha value is -2.98. The molecular weight excluding hydrogens is 340 g/mol. The Balaban J connectivity index is 1.99. The van der Waals surface area contributed by atoms with E-state index in [2.05, 4.69) is 0 Å². The molecule has 0 bridgehead atoms. The summed E-state index contributed by atoms with van der Waals surface area (Å²) in [6, 6.07) is 18.9. The number of aromatic hydroxyl groups is 1. The van der Waals surface area contributed by atoms with Crippen molar-refractivity contribution in [2.24, 2.45) is 0 Å². The van der Waals surface area contributed by atoms with Crippen molar-refractivity contribution in [3.8, 4) is 28.7 Å². The molecule has 0 saturated carbocycles. The maximum absolute atomic E-state index is 10.7. The van der Waals surface area contributed by atoms with E-state index in [1.54, 1.807) is 12.1 Å². The molecular formula is C23H24O4. The van der Waals surface area contributed by atoms with Crippen molar-refractivity contribution in [1.82, 2.24) is 0 Å². The van der Waals surface area contributed by atoms with Crippen LogP contribution in [-0.2, 0) is 6.42 Å². The molecule has 0 aromatic heterocycles. The molecule has 0 fully saturated rings. The second kappa shape index (κ2) is 8.60. The average molecular weight is 364 g/mol. The number of phenols is 1. The molecule has 0 aliphatic carbocycles. The van der Waals surface area contributed by atoms with E-state index in [1.165, 1.54) is 0 Å². The smallest absolute Gasteiger partial charge is 0.202 e. The van der Waals surface area contributed by atoms with Crippen molar-refractivity contribution >= 4 is 0 Å². The van der Waals surface area contributed by atoms with Gasteiger partial charge in [-0.15, -0.1) is 0 Å². The van der Waals surface area contributed by atoms with E-state index in [-0.39, 0.29) is 12.4 Å². The van der Waals surface area contributed by atoms with E-state index in [0.717, 1.165) is 16.7 Å². The second-order valence-corrected chi connectivity index (χ2v) is 6.50. The van der Waals surface area contributed by atoms with E-state index in [1.807, 2.05) is 62.4 Å². The number of aliphatic hydroxyl groups excluding tert-OH is 1. The van der Waals surface area contributed by atoms with Crippen molar-refractivity contribution < 1.29 is 19.7 Å². The largest absolute Gasteiger partial charge is 0.502 e. The van der Waals surface area contributed by atoms with Gasteiger partial charge in [0.2, 0.25) is 5.75 Å². The molecule has 0 aliphatic heterocycles. The molecule has 0 aliphatic rings. The highest BCUT2D eigenvalue weighted by Gasteiger charge is 2.16. The molecule has 4 nitrogen and oxygen atoms in total. The summed E-state index contributed by atoms with van der Waals surface area (Å²) in [4.78, 5) is 0. The maximum atomic E-state index is 10.7. The lowest BCUT2D eigenvalue weighted by atomic mass is 10.1. The van der Waals surface area contributed by atoms with Gasteiger partial charge >= 0.3 is 0 Å². The zero-order valence-electron chi connectivity index (χ0n) is 15.6. The van der Waals surface area contributed by atoms with Crippen LogP contribution in [0.2, 0.25) is 0 Å². The number of rotatable bonds is 7. The van der Waals surface area contributed by atoms with Gasteiger partial charge in [0.05, 0.1) is 0 Å². The molecule has 0 unspecified atom stereocenters. The summed E-state index contributed by atoms with van der Waals surface area (Å²) in [5, 5.41) is 19.9. The highest BCUT2D eigenvalue weighted by molar-refractivity contribution is 5.56. The first-order valence-electron chi connectivity index (χ1n) is 9.02. The number of hydrogen-bond donors (Lipinski definition) is 2. The minimum Gasteiger partial charge on any atom is -0.502 e. The van der Waals surface area contributed by atoms with Gasteiger partial charge in [0.25, 0.3) is 0 Å². The minimum atomic E-state index is -0.0470. The zero-order chi connectivity index (χ0) is 19.2. The normalized spacial score (nSPS) is 10.6. The first-order valence-corrected chi connectivity index (χ1v) is 9.02. The van der Waals surface area contributed by atoms with E-state index >= 15 is 0 Å². The predicted octanol–water partition coefficient (Wildman–Crippen LogP) is 5.52. The fourth-order valence-corrected chi connectivity index (χ4v) is 2.80. The summed E-state index contributed by atoms with van der Waals surface area (Å²) < 4.78 is 12.0. The monoisotopic (exact) mass is 364 g/mol. The SMILES string of the molecule is Cc1ccccc1Oc1cc(CCCO)cc(Oc2ccccc2C)c1O. The van der Waals surface area contributed by atoms with Crippen LogP contribution in [0.4, 0.5) is 0 Å². The lowest BCUT2D eigenvalue weighted by Crippen LogP contribution is -1.96. The lowest BCUT2D eigenvalue weighted by molar-refractivity contribution is 0.288. The van der Waals surface area contributed by atoms with Crippen molar-refractivity contribution in [3.63, 3.8) is 0 Å². The Morgan fingerprint density at radius 1 is 0.741 bits per heavy atom. The van der Waals surface area contributed by atoms with Crippen LogP contribution >= 0.6 is 0 Å². The fraction of sp³-hybridized carbons (Fsp3) is 0.217. The number of hydrogen-bond acceptors (Lipinski definition) is 4. The van der Waals surface area contributed by atoms with Gasteiger partial charge in [-0.3, -0.25) is 0 Å². The number of para-hydroxylation sites is 2. The molecule has 3 aromatic rings. The van der Waals surface area contributed by atoms with Crippen molar-refractivity contribution in [2.75, 3.05) is 6.61 Å². The number of benzene rings is 3. The van der Waals surface area contributed by atoms with E-state index < -0.39 is 0 Å². The molecule has 0 atom stereocenters. The predicted molar refractivity (Wildman–Crippen MR) is 106 cm³/mol. The van der Waals surface area contributed by atoms with Crippen LogP contribution in [0.1, 0.15) is 23.1 Å². The van der Waals surface area contributed by atoms with Gasteiger partial charge in [0.15, 0.2) is 11.5 Å². The topological polar surface area (TPSA) is 58.9 Å². The van der Waals surface area contributed by atoms with Crippen LogP contribution in [0.3, 0.4) is 0 Å².